The second kappa shape index (κ2) is 9.76. The van der Waals surface area contributed by atoms with Crippen molar-refractivity contribution in [3.8, 4) is 11.8 Å². The minimum absolute atomic E-state index is 0.0714. The van der Waals surface area contributed by atoms with E-state index in [1.165, 1.54) is 24.7 Å². The summed E-state index contributed by atoms with van der Waals surface area (Å²) < 4.78 is 55.0. The van der Waals surface area contributed by atoms with Crippen molar-refractivity contribution in [1.82, 2.24) is 19.7 Å². The Morgan fingerprint density at radius 3 is 2.54 bits per heavy atom. The third kappa shape index (κ3) is 5.44. The third-order valence-corrected chi connectivity index (χ3v) is 6.22. The molecule has 0 aliphatic carbocycles. The van der Waals surface area contributed by atoms with Crippen LogP contribution in [0.4, 0.5) is 10.2 Å². The van der Waals surface area contributed by atoms with E-state index in [1.807, 2.05) is 0 Å². The molecule has 4 rings (SSSR count). The number of hydrogen-bond acceptors (Lipinski definition) is 8. The Morgan fingerprint density at radius 2 is 1.83 bits per heavy atom. The standard InChI is InChI=1S/C23H22FN5O5S/c1-13(2)28-35(31,32)29-21-19(24)15(8-11-25-21)12-17-14(3)16-6-4-7-18(20(16)34-22(17)30)33-23-26-9-5-10-27-23/h4-11,13,28H,12H2,1-3H3,(H,25,29). The lowest BCUT2D eigenvalue weighted by Gasteiger charge is -2.14. The van der Waals surface area contributed by atoms with Crippen molar-refractivity contribution in [1.29, 1.82) is 0 Å². The molecule has 4 aromatic rings. The van der Waals surface area contributed by atoms with E-state index in [-0.39, 0.29) is 34.9 Å². The summed E-state index contributed by atoms with van der Waals surface area (Å²) in [6, 6.07) is 7.79. The Bertz CT molecular complexity index is 1540. The van der Waals surface area contributed by atoms with E-state index in [9.17, 15) is 13.2 Å². The number of rotatable bonds is 8. The van der Waals surface area contributed by atoms with Crippen molar-refractivity contribution < 1.29 is 22.0 Å². The van der Waals surface area contributed by atoms with E-state index in [4.69, 9.17) is 9.15 Å². The van der Waals surface area contributed by atoms with Gasteiger partial charge in [-0.2, -0.15) is 13.1 Å². The molecule has 0 aliphatic rings. The molecule has 0 saturated heterocycles. The van der Waals surface area contributed by atoms with Crippen LogP contribution in [0.1, 0.15) is 30.5 Å². The lowest BCUT2D eigenvalue weighted by molar-refractivity contribution is 0.430. The van der Waals surface area contributed by atoms with E-state index in [2.05, 4.69) is 24.4 Å². The highest BCUT2D eigenvalue weighted by atomic mass is 32.2. The number of ether oxygens (including phenoxy) is 1. The fraction of sp³-hybridized carbons (Fsp3) is 0.217. The van der Waals surface area contributed by atoms with Gasteiger partial charge in [0.1, 0.15) is 0 Å². The van der Waals surface area contributed by atoms with Gasteiger partial charge < -0.3 is 9.15 Å². The average molecular weight is 500 g/mol. The molecule has 0 aliphatic heterocycles. The number of aromatic nitrogens is 3. The molecule has 10 nitrogen and oxygen atoms in total. The van der Waals surface area contributed by atoms with E-state index in [1.54, 1.807) is 45.0 Å². The number of nitrogens with one attached hydrogen (secondary N) is 2. The van der Waals surface area contributed by atoms with Crippen LogP contribution < -0.4 is 19.8 Å². The number of benzene rings is 1. The van der Waals surface area contributed by atoms with Crippen LogP contribution in [0.3, 0.4) is 0 Å². The van der Waals surface area contributed by atoms with Crippen LogP contribution >= 0.6 is 0 Å². The van der Waals surface area contributed by atoms with E-state index >= 15 is 4.39 Å². The van der Waals surface area contributed by atoms with Gasteiger partial charge in [-0.05, 0) is 50.1 Å². The predicted molar refractivity (Wildman–Crippen MR) is 127 cm³/mol. The van der Waals surface area contributed by atoms with E-state index in [0.29, 0.717) is 10.9 Å². The Hall–Kier alpha value is -3.90. The van der Waals surface area contributed by atoms with Crippen LogP contribution in [0.25, 0.3) is 11.0 Å². The second-order valence-electron chi connectivity index (χ2n) is 7.95. The Balaban J connectivity index is 1.70. The summed E-state index contributed by atoms with van der Waals surface area (Å²) in [5.74, 6) is -1.11. The van der Waals surface area contributed by atoms with Crippen LogP contribution in [0.15, 0.2) is 58.1 Å². The lowest BCUT2D eigenvalue weighted by atomic mass is 9.99. The van der Waals surface area contributed by atoms with Gasteiger partial charge in [-0.3, -0.25) is 4.72 Å². The van der Waals surface area contributed by atoms with Crippen LogP contribution in [0.5, 0.6) is 11.8 Å². The first-order valence-corrected chi connectivity index (χ1v) is 12.1. The van der Waals surface area contributed by atoms with Crippen molar-refractivity contribution in [3.05, 3.63) is 81.9 Å². The summed E-state index contributed by atoms with van der Waals surface area (Å²) in [7, 11) is -4.03. The fourth-order valence-corrected chi connectivity index (χ4v) is 4.53. The topological polar surface area (TPSA) is 136 Å². The van der Waals surface area contributed by atoms with Gasteiger partial charge in [0.05, 0.1) is 0 Å². The highest BCUT2D eigenvalue weighted by Gasteiger charge is 2.20. The molecular weight excluding hydrogens is 477 g/mol. The average Bonchev–Trinajstić information content (AvgIpc) is 2.79. The molecule has 2 N–H and O–H groups in total. The van der Waals surface area contributed by atoms with Gasteiger partial charge in [-0.15, -0.1) is 0 Å². The molecule has 3 aromatic heterocycles. The summed E-state index contributed by atoms with van der Waals surface area (Å²) in [4.78, 5) is 24.7. The number of aryl methyl sites for hydroxylation is 1. The maximum absolute atomic E-state index is 15.1. The van der Waals surface area contributed by atoms with Gasteiger partial charge in [0.15, 0.2) is 23.0 Å². The number of anilines is 1. The van der Waals surface area contributed by atoms with E-state index < -0.39 is 33.5 Å². The van der Waals surface area contributed by atoms with Crippen LogP contribution in [0, 0.1) is 12.7 Å². The first kappa shape index (κ1) is 24.2. The molecule has 0 bridgehead atoms. The van der Waals surface area contributed by atoms with Gasteiger partial charge in [0, 0.05) is 42.0 Å². The van der Waals surface area contributed by atoms with Crippen LogP contribution in [-0.4, -0.2) is 29.4 Å². The fourth-order valence-electron chi connectivity index (χ4n) is 3.46. The van der Waals surface area contributed by atoms with Crippen molar-refractivity contribution >= 4 is 27.0 Å². The Morgan fingerprint density at radius 1 is 1.09 bits per heavy atom. The zero-order valence-electron chi connectivity index (χ0n) is 19.1. The molecule has 12 heteroatoms. The smallest absolute Gasteiger partial charge is 0.340 e. The Kier molecular flexibility index (Phi) is 6.76. The monoisotopic (exact) mass is 499 g/mol. The largest absolute Gasteiger partial charge is 0.420 e. The van der Waals surface area contributed by atoms with Gasteiger partial charge in [0.2, 0.25) is 0 Å². The van der Waals surface area contributed by atoms with Gasteiger partial charge in [-0.1, -0.05) is 12.1 Å². The molecule has 0 radical (unpaired) electrons. The Labute approximate surface area is 200 Å². The first-order chi connectivity index (χ1) is 16.6. The zero-order chi connectivity index (χ0) is 25.2. The second-order valence-corrected chi connectivity index (χ2v) is 9.39. The van der Waals surface area contributed by atoms with Crippen LogP contribution in [0.2, 0.25) is 0 Å². The molecule has 182 valence electrons. The zero-order valence-corrected chi connectivity index (χ0v) is 19.9. The predicted octanol–water partition coefficient (Wildman–Crippen LogP) is 3.46. The number of fused-ring (bicyclic) bond motifs is 1. The summed E-state index contributed by atoms with van der Waals surface area (Å²) in [6.45, 7) is 4.97. The maximum atomic E-state index is 15.1. The molecule has 0 amide bonds. The van der Waals surface area contributed by atoms with Crippen molar-refractivity contribution in [2.45, 2.75) is 33.2 Å². The van der Waals surface area contributed by atoms with Gasteiger partial charge >= 0.3 is 21.8 Å². The molecule has 0 unspecified atom stereocenters. The number of para-hydroxylation sites is 1. The first-order valence-electron chi connectivity index (χ1n) is 10.6. The SMILES string of the molecule is Cc1c(Cc2ccnc(NS(=O)(=O)NC(C)C)c2F)c(=O)oc2c(Oc3ncccn3)cccc12. The number of pyridine rings is 1. The summed E-state index contributed by atoms with van der Waals surface area (Å²) >= 11 is 0. The lowest BCUT2D eigenvalue weighted by Crippen LogP contribution is -2.35. The minimum atomic E-state index is -4.03. The third-order valence-electron chi connectivity index (χ3n) is 4.98. The molecule has 0 saturated carbocycles. The van der Waals surface area contributed by atoms with Crippen molar-refractivity contribution in [3.63, 3.8) is 0 Å². The number of hydrogen-bond donors (Lipinski definition) is 2. The molecule has 0 atom stereocenters. The van der Waals surface area contributed by atoms with Crippen LogP contribution in [-0.2, 0) is 16.6 Å². The van der Waals surface area contributed by atoms with Crippen molar-refractivity contribution in [2.75, 3.05) is 4.72 Å². The molecule has 0 spiro atoms. The van der Waals surface area contributed by atoms with Crippen molar-refractivity contribution in [2.24, 2.45) is 0 Å². The molecule has 1 aromatic carbocycles. The molecular formula is C23H22FN5O5S. The van der Waals surface area contributed by atoms with Gasteiger partial charge in [0.25, 0.3) is 0 Å². The quantitative estimate of drug-likeness (QED) is 0.352. The number of nitrogens with zero attached hydrogens (tertiary/aromatic N) is 3. The van der Waals surface area contributed by atoms with Gasteiger partial charge in [-0.25, -0.2) is 24.1 Å². The summed E-state index contributed by atoms with van der Waals surface area (Å²) in [5, 5.41) is 0.588. The highest BCUT2D eigenvalue weighted by molar-refractivity contribution is 7.90. The number of halogens is 1. The minimum Gasteiger partial charge on any atom is -0.420 e. The molecule has 3 heterocycles. The van der Waals surface area contributed by atoms with E-state index in [0.717, 1.165) is 0 Å². The summed E-state index contributed by atoms with van der Waals surface area (Å²) in [5.41, 5.74) is 0.372. The maximum Gasteiger partial charge on any atom is 0.340 e. The molecule has 35 heavy (non-hydrogen) atoms. The normalized spacial score (nSPS) is 11.7. The molecule has 0 fully saturated rings. The summed E-state index contributed by atoms with van der Waals surface area (Å²) in [6.07, 6.45) is 4.15. The highest BCUT2D eigenvalue weighted by Crippen LogP contribution is 2.31.